The molecule has 0 aliphatic heterocycles. The highest BCUT2D eigenvalue weighted by atomic mass is 79.9. The second-order valence-corrected chi connectivity index (χ2v) is 13.2. The van der Waals surface area contributed by atoms with Gasteiger partial charge in [-0.05, 0) is 29.8 Å². The zero-order valence-corrected chi connectivity index (χ0v) is 16.6. The van der Waals surface area contributed by atoms with Crippen LogP contribution in [0.2, 0.25) is 25.7 Å². The van der Waals surface area contributed by atoms with E-state index in [0.29, 0.717) is 13.2 Å². The van der Waals surface area contributed by atoms with Crippen molar-refractivity contribution in [3.63, 3.8) is 0 Å². The van der Waals surface area contributed by atoms with Gasteiger partial charge in [0.25, 0.3) is 0 Å². The van der Waals surface area contributed by atoms with Crippen molar-refractivity contribution in [1.82, 2.24) is 5.32 Å². The summed E-state index contributed by atoms with van der Waals surface area (Å²) in [7, 11) is 0.483. The molecule has 0 saturated carbocycles. The Balaban J connectivity index is 2.47. The minimum Gasteiger partial charge on any atom is -0.496 e. The van der Waals surface area contributed by atoms with Crippen LogP contribution in [0.25, 0.3) is 0 Å². The Hall–Kier alpha value is -1.01. The maximum Gasteiger partial charge on any atom is 0.407 e. The highest BCUT2D eigenvalue weighted by Gasteiger charge is 2.16. The molecule has 0 spiro atoms. The summed E-state index contributed by atoms with van der Waals surface area (Å²) < 4.78 is 11.6. The van der Waals surface area contributed by atoms with Crippen LogP contribution < -0.4 is 10.1 Å². The SMILES string of the molecule is COc1ccc(Br)cc1[C@@H](C)CNC(=O)OCC[Si](C)(C)C. The number of carbonyl (C=O) groups excluding carboxylic acids is 1. The lowest BCUT2D eigenvalue weighted by Gasteiger charge is -2.18. The highest BCUT2D eigenvalue weighted by Crippen LogP contribution is 2.29. The molecule has 1 aromatic carbocycles. The molecule has 6 heteroatoms. The average Bonchev–Trinajstić information content (AvgIpc) is 2.43. The van der Waals surface area contributed by atoms with Crippen molar-refractivity contribution in [2.24, 2.45) is 0 Å². The molecule has 0 fully saturated rings. The molecular weight excluding hydrogens is 362 g/mol. The quantitative estimate of drug-likeness (QED) is 0.693. The van der Waals surface area contributed by atoms with Gasteiger partial charge in [0.2, 0.25) is 0 Å². The van der Waals surface area contributed by atoms with Crippen LogP contribution in [-0.2, 0) is 4.74 Å². The predicted octanol–water partition coefficient (Wildman–Crippen LogP) is 4.63. The van der Waals surface area contributed by atoms with E-state index in [0.717, 1.165) is 21.8 Å². The van der Waals surface area contributed by atoms with E-state index in [4.69, 9.17) is 9.47 Å². The molecule has 1 amide bonds. The van der Waals surface area contributed by atoms with Gasteiger partial charge in [0.15, 0.2) is 0 Å². The molecule has 0 saturated heterocycles. The van der Waals surface area contributed by atoms with Crippen molar-refractivity contribution < 1.29 is 14.3 Å². The standard InChI is InChI=1S/C16H26BrNO3Si/c1-12(14-10-13(17)6-7-15(14)20-2)11-18-16(19)21-8-9-22(3,4)5/h6-7,10,12H,8-9,11H2,1-5H3,(H,18,19)/t12-/m0/s1. The maximum absolute atomic E-state index is 11.7. The van der Waals surface area contributed by atoms with Crippen molar-refractivity contribution in [3.8, 4) is 5.75 Å². The zero-order valence-electron chi connectivity index (χ0n) is 14.0. The summed E-state index contributed by atoms with van der Waals surface area (Å²) in [6, 6.07) is 6.85. The van der Waals surface area contributed by atoms with Crippen LogP contribution in [-0.4, -0.2) is 34.4 Å². The number of alkyl carbamates (subject to hydrolysis) is 1. The van der Waals surface area contributed by atoms with Gasteiger partial charge in [-0.15, -0.1) is 0 Å². The molecule has 1 rings (SSSR count). The maximum atomic E-state index is 11.7. The topological polar surface area (TPSA) is 47.6 Å². The van der Waals surface area contributed by atoms with Gasteiger partial charge in [0, 0.05) is 25.0 Å². The first kappa shape index (κ1) is 19.0. The first-order chi connectivity index (χ1) is 10.2. The molecule has 1 atom stereocenters. The second kappa shape index (κ2) is 8.58. The molecule has 0 radical (unpaired) electrons. The van der Waals surface area contributed by atoms with E-state index in [-0.39, 0.29) is 12.0 Å². The summed E-state index contributed by atoms with van der Waals surface area (Å²) in [5.41, 5.74) is 1.05. The van der Waals surface area contributed by atoms with Crippen molar-refractivity contribution >= 4 is 30.1 Å². The van der Waals surface area contributed by atoms with Crippen molar-refractivity contribution in [3.05, 3.63) is 28.2 Å². The Bertz CT molecular complexity index is 503. The van der Waals surface area contributed by atoms with Crippen LogP contribution >= 0.6 is 15.9 Å². The molecule has 0 aliphatic rings. The average molecular weight is 388 g/mol. The van der Waals surface area contributed by atoms with E-state index in [1.807, 2.05) is 25.1 Å². The third kappa shape index (κ3) is 6.83. The molecule has 0 unspecified atom stereocenters. The molecule has 0 aromatic heterocycles. The number of hydrogen-bond donors (Lipinski definition) is 1. The number of ether oxygens (including phenoxy) is 2. The van der Waals surface area contributed by atoms with Crippen molar-refractivity contribution in [1.29, 1.82) is 0 Å². The Morgan fingerprint density at radius 1 is 1.36 bits per heavy atom. The van der Waals surface area contributed by atoms with E-state index in [9.17, 15) is 4.79 Å². The summed E-state index contributed by atoms with van der Waals surface area (Å²) in [6.45, 7) is 9.84. The van der Waals surface area contributed by atoms with Crippen LogP contribution in [0.15, 0.2) is 22.7 Å². The second-order valence-electron chi connectivity index (χ2n) is 6.61. The van der Waals surface area contributed by atoms with Gasteiger partial charge in [-0.25, -0.2) is 4.79 Å². The van der Waals surface area contributed by atoms with E-state index in [2.05, 4.69) is 40.9 Å². The normalized spacial score (nSPS) is 12.6. The number of hydrogen-bond acceptors (Lipinski definition) is 3. The lowest BCUT2D eigenvalue weighted by atomic mass is 10.0. The van der Waals surface area contributed by atoms with Crippen LogP contribution in [0, 0.1) is 0 Å². The van der Waals surface area contributed by atoms with E-state index in [1.165, 1.54) is 0 Å². The number of amides is 1. The number of carbonyl (C=O) groups is 1. The van der Waals surface area contributed by atoms with E-state index in [1.54, 1.807) is 7.11 Å². The van der Waals surface area contributed by atoms with Crippen LogP contribution in [0.5, 0.6) is 5.75 Å². The van der Waals surface area contributed by atoms with Crippen molar-refractivity contribution in [2.45, 2.75) is 38.5 Å². The van der Waals surface area contributed by atoms with Gasteiger partial charge < -0.3 is 14.8 Å². The molecule has 0 aliphatic carbocycles. The first-order valence-corrected chi connectivity index (χ1v) is 12.0. The summed E-state index contributed by atoms with van der Waals surface area (Å²) in [4.78, 5) is 11.7. The molecule has 1 aromatic rings. The Morgan fingerprint density at radius 2 is 2.05 bits per heavy atom. The number of rotatable bonds is 7. The lowest BCUT2D eigenvalue weighted by molar-refractivity contribution is 0.151. The molecular formula is C16H26BrNO3Si. The summed E-state index contributed by atoms with van der Waals surface area (Å²) in [5, 5.41) is 2.82. The smallest absolute Gasteiger partial charge is 0.407 e. The molecule has 1 N–H and O–H groups in total. The molecule has 4 nitrogen and oxygen atoms in total. The Labute approximate surface area is 142 Å². The summed E-state index contributed by atoms with van der Waals surface area (Å²) in [5.74, 6) is 0.960. The van der Waals surface area contributed by atoms with Gasteiger partial charge in [-0.1, -0.05) is 42.5 Å². The van der Waals surface area contributed by atoms with E-state index >= 15 is 0 Å². The zero-order chi connectivity index (χ0) is 16.8. The minimum atomic E-state index is -1.17. The van der Waals surface area contributed by atoms with Crippen LogP contribution in [0.4, 0.5) is 4.79 Å². The van der Waals surface area contributed by atoms with E-state index < -0.39 is 8.07 Å². The summed E-state index contributed by atoms with van der Waals surface area (Å²) >= 11 is 3.46. The monoisotopic (exact) mass is 387 g/mol. The molecule has 22 heavy (non-hydrogen) atoms. The number of methoxy groups -OCH3 is 1. The van der Waals surface area contributed by atoms with Gasteiger partial charge in [0.05, 0.1) is 13.7 Å². The Morgan fingerprint density at radius 3 is 2.64 bits per heavy atom. The third-order valence-corrected chi connectivity index (χ3v) is 5.56. The highest BCUT2D eigenvalue weighted by molar-refractivity contribution is 9.10. The lowest BCUT2D eigenvalue weighted by Crippen LogP contribution is -2.30. The predicted molar refractivity (Wildman–Crippen MR) is 96.6 cm³/mol. The van der Waals surface area contributed by atoms with Gasteiger partial charge >= 0.3 is 6.09 Å². The fraction of sp³-hybridized carbons (Fsp3) is 0.562. The number of halogens is 1. The number of benzene rings is 1. The largest absolute Gasteiger partial charge is 0.496 e. The summed E-state index contributed by atoms with van der Waals surface area (Å²) in [6.07, 6.45) is -0.348. The van der Waals surface area contributed by atoms with Crippen LogP contribution in [0.1, 0.15) is 18.4 Å². The molecule has 0 bridgehead atoms. The van der Waals surface area contributed by atoms with Gasteiger partial charge in [0.1, 0.15) is 5.75 Å². The molecule has 0 heterocycles. The third-order valence-electron chi connectivity index (χ3n) is 3.36. The van der Waals surface area contributed by atoms with Crippen molar-refractivity contribution in [2.75, 3.05) is 20.3 Å². The van der Waals surface area contributed by atoms with Gasteiger partial charge in [-0.2, -0.15) is 0 Å². The fourth-order valence-corrected chi connectivity index (χ4v) is 3.03. The number of nitrogens with one attached hydrogen (secondary N) is 1. The first-order valence-electron chi connectivity index (χ1n) is 7.47. The minimum absolute atomic E-state index is 0.136. The Kier molecular flexibility index (Phi) is 7.42. The fourth-order valence-electron chi connectivity index (χ4n) is 1.94. The molecule has 124 valence electrons. The van der Waals surface area contributed by atoms with Gasteiger partial charge in [-0.3, -0.25) is 0 Å². The van der Waals surface area contributed by atoms with Crippen LogP contribution in [0.3, 0.4) is 0 Å².